The van der Waals surface area contributed by atoms with Crippen LogP contribution in [0.5, 0.6) is 0 Å². The van der Waals surface area contributed by atoms with Crippen LogP contribution in [-0.4, -0.2) is 22.4 Å². The fourth-order valence-electron chi connectivity index (χ4n) is 1.17. The van der Waals surface area contributed by atoms with Gasteiger partial charge in [0, 0.05) is 0 Å². The second kappa shape index (κ2) is 3.69. The molecule has 1 aliphatic carbocycles. The average molecular weight is 154 g/mol. The smallest absolute Gasteiger partial charge is 0.101 e. The molecule has 11 heavy (non-hydrogen) atoms. The Bertz CT molecular complexity index is 172. The van der Waals surface area contributed by atoms with E-state index in [2.05, 4.69) is 6.58 Å². The quantitative estimate of drug-likeness (QED) is 0.511. The summed E-state index contributed by atoms with van der Waals surface area (Å²) in [5, 5.41) is 18.7. The van der Waals surface area contributed by atoms with E-state index in [1.807, 2.05) is 12.2 Å². The predicted molar refractivity (Wildman–Crippen MR) is 44.1 cm³/mol. The second-order valence-electron chi connectivity index (χ2n) is 2.92. The van der Waals surface area contributed by atoms with Crippen LogP contribution in [0.4, 0.5) is 0 Å². The van der Waals surface area contributed by atoms with Gasteiger partial charge in [0.15, 0.2) is 0 Å². The standard InChI is InChI=1S/C9H14O2/c1-7-5-3-2-4-6-8(10)9(7)11/h2-3,8-11H,1,4-6H2/t8-,9+/m0/s1. The van der Waals surface area contributed by atoms with Crippen LogP contribution in [0.15, 0.2) is 24.3 Å². The molecule has 0 bridgehead atoms. The molecule has 0 aromatic rings. The zero-order valence-electron chi connectivity index (χ0n) is 6.53. The molecule has 0 radical (unpaired) electrons. The summed E-state index contributed by atoms with van der Waals surface area (Å²) in [5.41, 5.74) is 0.702. The lowest BCUT2D eigenvalue weighted by molar-refractivity contribution is 0.0356. The monoisotopic (exact) mass is 154 g/mol. The number of hydrogen-bond acceptors (Lipinski definition) is 2. The van der Waals surface area contributed by atoms with Crippen molar-refractivity contribution in [3.8, 4) is 0 Å². The van der Waals surface area contributed by atoms with E-state index in [4.69, 9.17) is 0 Å². The highest BCUT2D eigenvalue weighted by Crippen LogP contribution is 2.16. The van der Waals surface area contributed by atoms with Crippen LogP contribution >= 0.6 is 0 Å². The van der Waals surface area contributed by atoms with E-state index >= 15 is 0 Å². The molecule has 2 N–H and O–H groups in total. The van der Waals surface area contributed by atoms with E-state index in [9.17, 15) is 10.2 Å². The van der Waals surface area contributed by atoms with E-state index in [0.29, 0.717) is 18.4 Å². The Kier molecular flexibility index (Phi) is 2.85. The Morgan fingerprint density at radius 2 is 2.09 bits per heavy atom. The summed E-state index contributed by atoms with van der Waals surface area (Å²) >= 11 is 0. The summed E-state index contributed by atoms with van der Waals surface area (Å²) in [6.45, 7) is 3.69. The molecule has 0 spiro atoms. The van der Waals surface area contributed by atoms with Crippen molar-refractivity contribution in [2.75, 3.05) is 0 Å². The van der Waals surface area contributed by atoms with Gasteiger partial charge in [0.2, 0.25) is 0 Å². The Hall–Kier alpha value is -0.600. The van der Waals surface area contributed by atoms with E-state index in [0.717, 1.165) is 6.42 Å². The van der Waals surface area contributed by atoms with Gasteiger partial charge in [-0.05, 0) is 24.8 Å². The second-order valence-corrected chi connectivity index (χ2v) is 2.92. The normalized spacial score (nSPS) is 33.1. The van der Waals surface area contributed by atoms with Crippen LogP contribution in [0.1, 0.15) is 19.3 Å². The third-order valence-electron chi connectivity index (χ3n) is 1.96. The topological polar surface area (TPSA) is 40.5 Å². The van der Waals surface area contributed by atoms with E-state index in [-0.39, 0.29) is 0 Å². The molecule has 62 valence electrons. The molecule has 1 rings (SSSR count). The average Bonchev–Trinajstić information content (AvgIpc) is 2.00. The largest absolute Gasteiger partial charge is 0.390 e. The van der Waals surface area contributed by atoms with Gasteiger partial charge in [0.05, 0.1) is 6.10 Å². The lowest BCUT2D eigenvalue weighted by Crippen LogP contribution is -2.27. The summed E-state index contributed by atoms with van der Waals surface area (Å²) in [4.78, 5) is 0. The molecule has 0 aromatic carbocycles. The summed E-state index contributed by atoms with van der Waals surface area (Å²) in [5.74, 6) is 0. The molecule has 0 amide bonds. The Morgan fingerprint density at radius 1 is 1.36 bits per heavy atom. The first-order valence-corrected chi connectivity index (χ1v) is 3.90. The number of hydrogen-bond donors (Lipinski definition) is 2. The third kappa shape index (κ3) is 2.17. The fraction of sp³-hybridized carbons (Fsp3) is 0.556. The number of allylic oxidation sites excluding steroid dienone is 2. The van der Waals surface area contributed by atoms with Gasteiger partial charge in [-0.25, -0.2) is 0 Å². The Balaban J connectivity index is 2.62. The summed E-state index contributed by atoms with van der Waals surface area (Å²) in [7, 11) is 0. The fourth-order valence-corrected chi connectivity index (χ4v) is 1.17. The van der Waals surface area contributed by atoms with Gasteiger partial charge in [-0.15, -0.1) is 0 Å². The van der Waals surface area contributed by atoms with Crippen molar-refractivity contribution in [3.05, 3.63) is 24.3 Å². The first-order valence-electron chi connectivity index (χ1n) is 3.90. The highest BCUT2D eigenvalue weighted by molar-refractivity contribution is 5.11. The minimum absolute atomic E-state index is 0.622. The first kappa shape index (κ1) is 8.50. The molecule has 0 fully saturated rings. The van der Waals surface area contributed by atoms with Crippen LogP contribution in [0.2, 0.25) is 0 Å². The molecule has 0 saturated heterocycles. The maximum Gasteiger partial charge on any atom is 0.101 e. The molecule has 2 heteroatoms. The molecule has 1 aliphatic rings. The molecule has 0 saturated carbocycles. The van der Waals surface area contributed by atoms with Crippen molar-refractivity contribution in [3.63, 3.8) is 0 Å². The third-order valence-corrected chi connectivity index (χ3v) is 1.96. The number of rotatable bonds is 0. The van der Waals surface area contributed by atoms with Gasteiger partial charge in [-0.3, -0.25) is 0 Å². The van der Waals surface area contributed by atoms with Crippen LogP contribution in [0.25, 0.3) is 0 Å². The van der Waals surface area contributed by atoms with Gasteiger partial charge in [0.25, 0.3) is 0 Å². The maximum atomic E-state index is 9.37. The van der Waals surface area contributed by atoms with Crippen molar-refractivity contribution < 1.29 is 10.2 Å². The van der Waals surface area contributed by atoms with Crippen molar-refractivity contribution >= 4 is 0 Å². The lowest BCUT2D eigenvalue weighted by atomic mass is 9.97. The van der Waals surface area contributed by atoms with Gasteiger partial charge in [-0.1, -0.05) is 18.7 Å². The van der Waals surface area contributed by atoms with Crippen molar-refractivity contribution in [2.45, 2.75) is 31.5 Å². The summed E-state index contributed by atoms with van der Waals surface area (Å²) in [6.07, 6.45) is 4.77. The van der Waals surface area contributed by atoms with Crippen LogP contribution in [0.3, 0.4) is 0 Å². The molecular formula is C9H14O2. The molecule has 0 heterocycles. The number of aliphatic hydroxyl groups excluding tert-OH is 2. The lowest BCUT2D eigenvalue weighted by Gasteiger charge is -2.20. The highest BCUT2D eigenvalue weighted by Gasteiger charge is 2.18. The molecule has 2 atom stereocenters. The van der Waals surface area contributed by atoms with Crippen molar-refractivity contribution in [1.82, 2.24) is 0 Å². The van der Waals surface area contributed by atoms with Gasteiger partial charge in [0.1, 0.15) is 6.10 Å². The molecular weight excluding hydrogens is 140 g/mol. The first-order chi connectivity index (χ1) is 5.22. The van der Waals surface area contributed by atoms with Crippen LogP contribution in [-0.2, 0) is 0 Å². The van der Waals surface area contributed by atoms with Crippen molar-refractivity contribution in [1.29, 1.82) is 0 Å². The molecule has 0 aromatic heterocycles. The zero-order valence-corrected chi connectivity index (χ0v) is 6.53. The zero-order chi connectivity index (χ0) is 8.27. The van der Waals surface area contributed by atoms with Gasteiger partial charge in [-0.2, -0.15) is 0 Å². The molecule has 0 aliphatic heterocycles. The SMILES string of the molecule is C=C1CC=CCC[C@H](O)[C@@H]1O. The maximum absolute atomic E-state index is 9.37. The van der Waals surface area contributed by atoms with E-state index in [1.165, 1.54) is 0 Å². The van der Waals surface area contributed by atoms with Crippen molar-refractivity contribution in [2.24, 2.45) is 0 Å². The van der Waals surface area contributed by atoms with E-state index in [1.54, 1.807) is 0 Å². The highest BCUT2D eigenvalue weighted by atomic mass is 16.3. The number of aliphatic hydroxyl groups is 2. The molecule has 2 nitrogen and oxygen atoms in total. The Labute approximate surface area is 66.9 Å². The minimum atomic E-state index is -0.736. The van der Waals surface area contributed by atoms with Gasteiger partial charge >= 0.3 is 0 Å². The summed E-state index contributed by atoms with van der Waals surface area (Å²) < 4.78 is 0. The molecule has 0 unspecified atom stereocenters. The Morgan fingerprint density at radius 3 is 2.82 bits per heavy atom. The van der Waals surface area contributed by atoms with E-state index < -0.39 is 12.2 Å². The predicted octanol–water partition coefficient (Wildman–Crippen LogP) is 1.00. The van der Waals surface area contributed by atoms with Gasteiger partial charge < -0.3 is 10.2 Å². The van der Waals surface area contributed by atoms with Crippen LogP contribution in [0, 0.1) is 0 Å². The van der Waals surface area contributed by atoms with Crippen LogP contribution < -0.4 is 0 Å². The summed E-state index contributed by atoms with van der Waals surface area (Å²) in [6, 6.07) is 0. The minimum Gasteiger partial charge on any atom is -0.390 e.